The van der Waals surface area contributed by atoms with Gasteiger partial charge in [-0.2, -0.15) is 5.26 Å². The van der Waals surface area contributed by atoms with Gasteiger partial charge in [0.25, 0.3) is 5.91 Å². The lowest BCUT2D eigenvalue weighted by Gasteiger charge is -2.11. The van der Waals surface area contributed by atoms with Gasteiger partial charge in [0.2, 0.25) is 5.91 Å². The van der Waals surface area contributed by atoms with Gasteiger partial charge in [-0.25, -0.2) is 8.78 Å². The van der Waals surface area contributed by atoms with Crippen molar-refractivity contribution < 1.29 is 18.4 Å². The average Bonchev–Trinajstić information content (AvgIpc) is 3.29. The highest BCUT2D eigenvalue weighted by Gasteiger charge is 2.32. The lowest BCUT2D eigenvalue weighted by molar-refractivity contribution is -0.120. The third-order valence-corrected chi connectivity index (χ3v) is 3.14. The van der Waals surface area contributed by atoms with Gasteiger partial charge in [-0.3, -0.25) is 9.59 Å². The number of hydrogen-bond acceptors (Lipinski definition) is 3. The lowest BCUT2D eigenvalue weighted by atomic mass is 10.2. The number of carbonyl (C=O) groups excluding carboxylic acids is 2. The normalized spacial score (nSPS) is 14.9. The zero-order valence-corrected chi connectivity index (χ0v) is 11.0. The molecule has 5 nitrogen and oxygen atoms in total. The number of carbonyl (C=O) groups is 2. The molecule has 21 heavy (non-hydrogen) atoms. The largest absolute Gasteiger partial charge is 0.343 e. The molecule has 0 aliphatic heterocycles. The molecule has 110 valence electrons. The first-order chi connectivity index (χ1) is 10.0. The third kappa shape index (κ3) is 3.99. The molecule has 0 radical (unpaired) electrons. The van der Waals surface area contributed by atoms with E-state index in [2.05, 4.69) is 10.6 Å². The van der Waals surface area contributed by atoms with Gasteiger partial charge in [-0.05, 0) is 37.0 Å². The van der Waals surface area contributed by atoms with Crippen LogP contribution in [0.25, 0.3) is 0 Å². The summed E-state index contributed by atoms with van der Waals surface area (Å²) < 4.78 is 25.7. The van der Waals surface area contributed by atoms with E-state index < -0.39 is 29.5 Å². The van der Waals surface area contributed by atoms with Crippen LogP contribution in [-0.2, 0) is 4.79 Å². The minimum Gasteiger partial charge on any atom is -0.343 e. The highest BCUT2D eigenvalue weighted by atomic mass is 19.2. The van der Waals surface area contributed by atoms with Crippen molar-refractivity contribution in [2.75, 3.05) is 6.54 Å². The number of benzene rings is 1. The predicted molar refractivity (Wildman–Crippen MR) is 69.0 cm³/mol. The summed E-state index contributed by atoms with van der Waals surface area (Å²) in [6.45, 7) is -0.331. The highest BCUT2D eigenvalue weighted by molar-refractivity contribution is 5.96. The fraction of sp³-hybridized carbons (Fsp3) is 0.357. The zero-order chi connectivity index (χ0) is 15.4. The summed E-state index contributed by atoms with van der Waals surface area (Å²) in [7, 11) is 0. The predicted octanol–water partition coefficient (Wildman–Crippen LogP) is 1.11. The summed E-state index contributed by atoms with van der Waals surface area (Å²) in [5.41, 5.74) is -0.0827. The Morgan fingerprint density at radius 3 is 2.62 bits per heavy atom. The molecule has 1 saturated carbocycles. The van der Waals surface area contributed by atoms with Gasteiger partial charge in [-0.1, -0.05) is 0 Å². The summed E-state index contributed by atoms with van der Waals surface area (Å²) in [5, 5.41) is 13.7. The maximum absolute atomic E-state index is 13.0. The van der Waals surface area contributed by atoms with Crippen LogP contribution in [0.1, 0.15) is 23.2 Å². The maximum atomic E-state index is 13.0. The molecule has 1 aromatic rings. The number of rotatable bonds is 5. The molecule has 1 atom stereocenters. The average molecular weight is 293 g/mol. The lowest BCUT2D eigenvalue weighted by Crippen LogP contribution is -2.42. The first-order valence-electron chi connectivity index (χ1n) is 6.43. The Morgan fingerprint density at radius 2 is 2.05 bits per heavy atom. The van der Waals surface area contributed by atoms with Gasteiger partial charge < -0.3 is 10.6 Å². The van der Waals surface area contributed by atoms with Gasteiger partial charge in [0.05, 0.1) is 12.6 Å². The molecule has 2 N–H and O–H groups in total. The standard InChI is InChI=1S/C14H13F2N3O2/c15-10-4-3-9(5-11(10)16)14(21)18-7-13(20)19-12(6-17)8-1-2-8/h3-5,8,12H,1-2,7H2,(H,18,21)(H,19,20). The van der Waals surface area contributed by atoms with E-state index in [-0.39, 0.29) is 18.0 Å². The molecule has 0 saturated heterocycles. The first-order valence-corrected chi connectivity index (χ1v) is 6.43. The molecule has 2 amide bonds. The SMILES string of the molecule is N#CC(NC(=O)CNC(=O)c1ccc(F)c(F)c1)C1CC1. The van der Waals surface area contributed by atoms with Gasteiger partial charge >= 0.3 is 0 Å². The Labute approximate surface area is 119 Å². The highest BCUT2D eigenvalue weighted by Crippen LogP contribution is 2.32. The monoisotopic (exact) mass is 293 g/mol. The van der Waals surface area contributed by atoms with Gasteiger partial charge in [-0.15, -0.1) is 0 Å². The van der Waals surface area contributed by atoms with Crippen LogP contribution in [0, 0.1) is 28.9 Å². The molecule has 1 unspecified atom stereocenters. The number of halogens is 2. The molecule has 1 fully saturated rings. The number of nitrogens with one attached hydrogen (secondary N) is 2. The number of nitrogens with zero attached hydrogens (tertiary/aromatic N) is 1. The summed E-state index contributed by atoms with van der Waals surface area (Å²) in [5.74, 6) is -3.19. The molecule has 1 aromatic carbocycles. The molecule has 0 spiro atoms. The second kappa shape index (κ2) is 6.31. The zero-order valence-electron chi connectivity index (χ0n) is 11.0. The van der Waals surface area contributed by atoms with Gasteiger partial charge in [0.15, 0.2) is 11.6 Å². The van der Waals surface area contributed by atoms with E-state index in [1.165, 1.54) is 0 Å². The van der Waals surface area contributed by atoms with Gasteiger partial charge in [0, 0.05) is 5.56 Å². The van der Waals surface area contributed by atoms with Crippen LogP contribution in [0.4, 0.5) is 8.78 Å². The second-order valence-electron chi connectivity index (χ2n) is 4.82. The van der Waals surface area contributed by atoms with Crippen molar-refractivity contribution in [3.05, 3.63) is 35.4 Å². The van der Waals surface area contributed by atoms with E-state index in [4.69, 9.17) is 5.26 Å². The molecular weight excluding hydrogens is 280 g/mol. The van der Waals surface area contributed by atoms with Crippen LogP contribution in [0.5, 0.6) is 0 Å². The fourth-order valence-corrected chi connectivity index (χ4v) is 1.81. The third-order valence-electron chi connectivity index (χ3n) is 3.14. The van der Waals surface area contributed by atoms with Crippen molar-refractivity contribution in [1.82, 2.24) is 10.6 Å². The van der Waals surface area contributed by atoms with Crippen LogP contribution >= 0.6 is 0 Å². The van der Waals surface area contributed by atoms with E-state index in [0.717, 1.165) is 31.0 Å². The number of nitriles is 1. The molecule has 2 rings (SSSR count). The van der Waals surface area contributed by atoms with Crippen molar-refractivity contribution >= 4 is 11.8 Å². The summed E-state index contributed by atoms with van der Waals surface area (Å²) in [4.78, 5) is 23.3. The Balaban J connectivity index is 1.84. The first kappa shape index (κ1) is 14.9. The van der Waals surface area contributed by atoms with Crippen LogP contribution in [-0.4, -0.2) is 24.4 Å². The summed E-state index contributed by atoms with van der Waals surface area (Å²) in [6, 6.07) is 4.16. The van der Waals surface area contributed by atoms with Crippen LogP contribution in [0.15, 0.2) is 18.2 Å². The molecule has 1 aliphatic carbocycles. The van der Waals surface area contributed by atoms with Crippen molar-refractivity contribution in [2.24, 2.45) is 5.92 Å². The number of hydrogen-bond donors (Lipinski definition) is 2. The summed E-state index contributed by atoms with van der Waals surface area (Å²) in [6.07, 6.45) is 1.81. The van der Waals surface area contributed by atoms with Crippen LogP contribution in [0.2, 0.25) is 0 Å². The fourth-order valence-electron chi connectivity index (χ4n) is 1.81. The molecule has 0 heterocycles. The Morgan fingerprint density at radius 1 is 1.33 bits per heavy atom. The van der Waals surface area contributed by atoms with E-state index in [1.54, 1.807) is 0 Å². The molecule has 7 heteroatoms. The van der Waals surface area contributed by atoms with E-state index in [1.807, 2.05) is 6.07 Å². The molecule has 0 bridgehead atoms. The molecular formula is C14H13F2N3O2. The van der Waals surface area contributed by atoms with Crippen molar-refractivity contribution in [3.63, 3.8) is 0 Å². The summed E-state index contributed by atoms with van der Waals surface area (Å²) >= 11 is 0. The minimum absolute atomic E-state index is 0.0827. The molecule has 1 aliphatic rings. The number of amides is 2. The van der Waals surface area contributed by atoms with E-state index >= 15 is 0 Å². The maximum Gasteiger partial charge on any atom is 0.251 e. The topological polar surface area (TPSA) is 82.0 Å². The smallest absolute Gasteiger partial charge is 0.251 e. The van der Waals surface area contributed by atoms with Crippen molar-refractivity contribution in [3.8, 4) is 6.07 Å². The Kier molecular flexibility index (Phi) is 4.48. The van der Waals surface area contributed by atoms with E-state index in [0.29, 0.717) is 0 Å². The Bertz CT molecular complexity index is 609. The van der Waals surface area contributed by atoms with Crippen molar-refractivity contribution in [1.29, 1.82) is 5.26 Å². The second-order valence-corrected chi connectivity index (χ2v) is 4.82. The minimum atomic E-state index is -1.13. The van der Waals surface area contributed by atoms with Crippen molar-refractivity contribution in [2.45, 2.75) is 18.9 Å². The van der Waals surface area contributed by atoms with Gasteiger partial charge in [0.1, 0.15) is 6.04 Å². The van der Waals surface area contributed by atoms with Crippen LogP contribution in [0.3, 0.4) is 0 Å². The van der Waals surface area contributed by atoms with Crippen LogP contribution < -0.4 is 10.6 Å². The quantitative estimate of drug-likeness (QED) is 0.853. The molecule has 0 aromatic heterocycles. The Hall–Kier alpha value is -2.49. The van der Waals surface area contributed by atoms with E-state index in [9.17, 15) is 18.4 Å².